The minimum atomic E-state index is 0.183. The predicted molar refractivity (Wildman–Crippen MR) is 96.8 cm³/mol. The molecule has 7 heteroatoms. The van der Waals surface area contributed by atoms with Gasteiger partial charge in [0.05, 0.1) is 0 Å². The lowest BCUT2D eigenvalue weighted by Gasteiger charge is -2.17. The van der Waals surface area contributed by atoms with E-state index in [4.69, 9.17) is 42.6 Å². The predicted octanol–water partition coefficient (Wildman–Crippen LogP) is 4.71. The van der Waals surface area contributed by atoms with Gasteiger partial charge >= 0.3 is 0 Å². The van der Waals surface area contributed by atoms with E-state index in [1.54, 1.807) is 13.0 Å². The molecule has 1 aromatic carbocycles. The van der Waals surface area contributed by atoms with Crippen molar-refractivity contribution in [3.8, 4) is 11.5 Å². The standard InChI is InChI=1S/C17H23Cl2NO4/c1-4-13-10-15(23-7-6-16(18)19)11-14(5-2)17(13)24-9-8-22-12(3)20-21/h6,10-11,21H,4-5,7-9H2,1-3H3. The first-order valence-corrected chi connectivity index (χ1v) is 8.51. The molecule has 0 saturated heterocycles. The number of halogens is 2. The van der Waals surface area contributed by atoms with Crippen molar-refractivity contribution in [3.63, 3.8) is 0 Å². The summed E-state index contributed by atoms with van der Waals surface area (Å²) in [6.45, 7) is 6.65. The number of rotatable bonds is 9. The summed E-state index contributed by atoms with van der Waals surface area (Å²) >= 11 is 11.2. The molecular formula is C17H23Cl2NO4. The van der Waals surface area contributed by atoms with Crippen LogP contribution < -0.4 is 9.47 Å². The van der Waals surface area contributed by atoms with Gasteiger partial charge in [0, 0.05) is 6.92 Å². The molecule has 0 atom stereocenters. The largest absolute Gasteiger partial charge is 0.489 e. The normalized spacial score (nSPS) is 11.1. The van der Waals surface area contributed by atoms with E-state index in [1.165, 1.54) is 0 Å². The van der Waals surface area contributed by atoms with Crippen LogP contribution in [0.2, 0.25) is 0 Å². The van der Waals surface area contributed by atoms with Crippen LogP contribution in [0.3, 0.4) is 0 Å². The SMILES string of the molecule is CCc1cc(OCC=C(Cl)Cl)cc(CC)c1OCCOC(C)=NO. The van der Waals surface area contributed by atoms with Crippen LogP contribution in [0, 0.1) is 0 Å². The van der Waals surface area contributed by atoms with Gasteiger partial charge in [-0.1, -0.05) is 42.2 Å². The molecule has 1 N–H and O–H groups in total. The first-order valence-electron chi connectivity index (χ1n) is 7.75. The van der Waals surface area contributed by atoms with Crippen molar-refractivity contribution < 1.29 is 19.4 Å². The summed E-state index contributed by atoms with van der Waals surface area (Å²) in [6.07, 6.45) is 3.21. The van der Waals surface area contributed by atoms with E-state index in [2.05, 4.69) is 19.0 Å². The Labute approximate surface area is 152 Å². The van der Waals surface area contributed by atoms with Gasteiger partial charge in [-0.2, -0.15) is 0 Å². The second kappa shape index (κ2) is 11.0. The van der Waals surface area contributed by atoms with Gasteiger partial charge < -0.3 is 19.4 Å². The third kappa shape index (κ3) is 6.89. The third-order valence-electron chi connectivity index (χ3n) is 3.25. The van der Waals surface area contributed by atoms with Gasteiger partial charge in [0.1, 0.15) is 35.8 Å². The minimum absolute atomic E-state index is 0.183. The van der Waals surface area contributed by atoms with Crippen LogP contribution in [0.1, 0.15) is 31.9 Å². The molecular weight excluding hydrogens is 353 g/mol. The highest BCUT2D eigenvalue weighted by Gasteiger charge is 2.11. The Morgan fingerprint density at radius 3 is 2.25 bits per heavy atom. The van der Waals surface area contributed by atoms with Crippen LogP contribution in [0.15, 0.2) is 27.9 Å². The molecule has 0 fully saturated rings. The molecule has 24 heavy (non-hydrogen) atoms. The third-order valence-corrected chi connectivity index (χ3v) is 3.56. The zero-order valence-corrected chi connectivity index (χ0v) is 15.7. The fourth-order valence-electron chi connectivity index (χ4n) is 2.08. The summed E-state index contributed by atoms with van der Waals surface area (Å²) in [6, 6.07) is 3.90. The Balaban J connectivity index is 2.81. The quantitative estimate of drug-likeness (QED) is 0.223. The number of oxime groups is 1. The summed E-state index contributed by atoms with van der Waals surface area (Å²) in [5.74, 6) is 1.81. The highest BCUT2D eigenvalue weighted by Crippen LogP contribution is 2.31. The number of ether oxygens (including phenoxy) is 3. The van der Waals surface area contributed by atoms with E-state index in [-0.39, 0.29) is 10.4 Å². The van der Waals surface area contributed by atoms with Gasteiger partial charge in [-0.05, 0) is 42.2 Å². The molecule has 0 aliphatic heterocycles. The van der Waals surface area contributed by atoms with Crippen LogP contribution in [0.5, 0.6) is 11.5 Å². The molecule has 0 saturated carbocycles. The molecule has 0 bridgehead atoms. The molecule has 0 radical (unpaired) electrons. The number of hydrogen-bond acceptors (Lipinski definition) is 5. The summed E-state index contributed by atoms with van der Waals surface area (Å²) in [7, 11) is 0. The van der Waals surface area contributed by atoms with Crippen molar-refractivity contribution >= 4 is 29.1 Å². The van der Waals surface area contributed by atoms with Crippen LogP contribution >= 0.6 is 23.2 Å². The molecule has 0 spiro atoms. The van der Waals surface area contributed by atoms with Gasteiger partial charge in [0.2, 0.25) is 5.90 Å². The summed E-state index contributed by atoms with van der Waals surface area (Å²) in [5.41, 5.74) is 2.11. The van der Waals surface area contributed by atoms with Crippen molar-refractivity contribution in [1.82, 2.24) is 0 Å². The number of nitrogens with zero attached hydrogens (tertiary/aromatic N) is 1. The first kappa shape index (κ1) is 20.5. The molecule has 1 rings (SSSR count). The van der Waals surface area contributed by atoms with E-state index in [0.29, 0.717) is 19.8 Å². The Kier molecular flexibility index (Phi) is 9.42. The number of aryl methyl sites for hydroxylation is 2. The van der Waals surface area contributed by atoms with E-state index in [9.17, 15) is 0 Å². The second-order valence-corrected chi connectivity index (χ2v) is 5.91. The monoisotopic (exact) mass is 375 g/mol. The van der Waals surface area contributed by atoms with Crippen molar-refractivity contribution in [1.29, 1.82) is 0 Å². The summed E-state index contributed by atoms with van der Waals surface area (Å²) in [4.78, 5) is 0. The lowest BCUT2D eigenvalue weighted by Crippen LogP contribution is -2.12. The van der Waals surface area contributed by atoms with Crippen molar-refractivity contribution in [2.75, 3.05) is 19.8 Å². The minimum Gasteiger partial charge on any atom is -0.489 e. The molecule has 0 aliphatic rings. The zero-order valence-electron chi connectivity index (χ0n) is 14.1. The Morgan fingerprint density at radius 1 is 1.12 bits per heavy atom. The van der Waals surface area contributed by atoms with Crippen molar-refractivity contribution in [3.05, 3.63) is 33.8 Å². The van der Waals surface area contributed by atoms with E-state index in [0.717, 1.165) is 35.5 Å². The molecule has 0 amide bonds. The van der Waals surface area contributed by atoms with Gasteiger partial charge in [0.25, 0.3) is 0 Å². The highest BCUT2D eigenvalue weighted by atomic mass is 35.5. The van der Waals surface area contributed by atoms with Gasteiger partial charge in [0.15, 0.2) is 0 Å². The number of benzene rings is 1. The molecule has 0 aliphatic carbocycles. The van der Waals surface area contributed by atoms with Gasteiger partial charge in [-0.3, -0.25) is 0 Å². The Bertz CT molecular complexity index is 559. The second-order valence-electron chi connectivity index (χ2n) is 4.90. The Morgan fingerprint density at radius 2 is 1.75 bits per heavy atom. The number of hydrogen-bond donors (Lipinski definition) is 1. The van der Waals surface area contributed by atoms with E-state index < -0.39 is 0 Å². The molecule has 5 nitrogen and oxygen atoms in total. The van der Waals surface area contributed by atoms with Gasteiger partial charge in [-0.15, -0.1) is 0 Å². The van der Waals surface area contributed by atoms with Crippen molar-refractivity contribution in [2.24, 2.45) is 5.16 Å². The molecule has 134 valence electrons. The lowest BCUT2D eigenvalue weighted by molar-refractivity contribution is 0.193. The summed E-state index contributed by atoms with van der Waals surface area (Å²) in [5, 5.41) is 11.5. The van der Waals surface area contributed by atoms with E-state index in [1.807, 2.05) is 12.1 Å². The van der Waals surface area contributed by atoms with Gasteiger partial charge in [-0.25, -0.2) is 0 Å². The maximum Gasteiger partial charge on any atom is 0.222 e. The smallest absolute Gasteiger partial charge is 0.222 e. The maximum absolute atomic E-state index is 8.54. The topological polar surface area (TPSA) is 60.3 Å². The highest BCUT2D eigenvalue weighted by molar-refractivity contribution is 6.55. The molecule has 0 heterocycles. The van der Waals surface area contributed by atoms with Crippen LogP contribution in [0.4, 0.5) is 0 Å². The van der Waals surface area contributed by atoms with Crippen LogP contribution in [-0.2, 0) is 17.6 Å². The summed E-state index contributed by atoms with van der Waals surface area (Å²) < 4.78 is 16.9. The molecule has 0 aromatic heterocycles. The molecule has 0 unspecified atom stereocenters. The van der Waals surface area contributed by atoms with E-state index >= 15 is 0 Å². The zero-order chi connectivity index (χ0) is 17.9. The van der Waals surface area contributed by atoms with Crippen LogP contribution in [-0.4, -0.2) is 30.9 Å². The Hall–Kier alpha value is -1.59. The fourth-order valence-corrected chi connectivity index (χ4v) is 2.21. The van der Waals surface area contributed by atoms with Crippen LogP contribution in [0.25, 0.3) is 0 Å². The first-order chi connectivity index (χ1) is 11.5. The average molecular weight is 376 g/mol. The lowest BCUT2D eigenvalue weighted by atomic mass is 10.0. The molecule has 1 aromatic rings. The van der Waals surface area contributed by atoms with Crippen molar-refractivity contribution in [2.45, 2.75) is 33.6 Å². The maximum atomic E-state index is 8.54. The fraction of sp³-hybridized carbons (Fsp3) is 0.471. The average Bonchev–Trinajstić information content (AvgIpc) is 2.58.